The Kier molecular flexibility index (Phi) is 11.8. The monoisotopic (exact) mass is 848 g/mol. The number of aromatic nitrogens is 2. The molecule has 4 amide bonds. The predicted octanol–water partition coefficient (Wildman–Crippen LogP) is 5.53. The van der Waals surface area contributed by atoms with Crippen LogP contribution in [0.2, 0.25) is 0 Å². The molecule has 3 fully saturated rings. The highest BCUT2D eigenvalue weighted by atomic mass is 32.2. The van der Waals surface area contributed by atoms with E-state index in [1.165, 1.54) is 16.2 Å². The van der Waals surface area contributed by atoms with Crippen molar-refractivity contribution < 1.29 is 42.2 Å². The van der Waals surface area contributed by atoms with Crippen LogP contribution >= 0.6 is 11.3 Å². The lowest BCUT2D eigenvalue weighted by Crippen LogP contribution is -2.59. The number of amides is 4. The zero-order chi connectivity index (χ0) is 42.3. The quantitative estimate of drug-likeness (QED) is 0.187. The maximum Gasteiger partial charge on any atom is 0.405 e. The average molecular weight is 849 g/mol. The van der Waals surface area contributed by atoms with Crippen LogP contribution in [0.15, 0.2) is 60.1 Å². The summed E-state index contributed by atoms with van der Waals surface area (Å²) in [6.07, 6.45) is 6.27. The van der Waals surface area contributed by atoms with Crippen LogP contribution in [0.3, 0.4) is 0 Å². The number of allylic oxidation sites excluding steroid dienone is 1. The van der Waals surface area contributed by atoms with E-state index in [9.17, 15) is 32.7 Å². The van der Waals surface area contributed by atoms with Gasteiger partial charge in [-0.15, -0.1) is 11.3 Å². The normalized spacial score (nSPS) is 28.5. The summed E-state index contributed by atoms with van der Waals surface area (Å²) in [4.78, 5) is 65.8. The van der Waals surface area contributed by atoms with Gasteiger partial charge < -0.3 is 30.1 Å². The number of fused-ring (bicyclic) bond motifs is 2. The Morgan fingerprint density at radius 2 is 1.80 bits per heavy atom. The van der Waals surface area contributed by atoms with Crippen LogP contribution in [0, 0.1) is 17.8 Å². The van der Waals surface area contributed by atoms with Gasteiger partial charge in [-0.25, -0.2) is 23.2 Å². The van der Waals surface area contributed by atoms with Crippen LogP contribution in [0.5, 0.6) is 11.5 Å². The number of ether oxygens (including phenoxy) is 2. The molecule has 0 radical (unpaired) electrons. The zero-order valence-electron chi connectivity index (χ0n) is 33.8. The molecule has 4 aliphatic rings. The number of nitrogens with zero attached hydrogens (tertiary/aromatic N) is 3. The van der Waals surface area contributed by atoms with Crippen molar-refractivity contribution >= 4 is 45.2 Å². The number of carbonyl (C=O) groups is 4. The van der Waals surface area contributed by atoms with Crippen molar-refractivity contribution in [2.45, 2.75) is 114 Å². The smallest absolute Gasteiger partial charge is 0.405 e. The Bertz CT molecular complexity index is 2210. The number of benzene rings is 1. The third-order valence-corrected chi connectivity index (χ3v) is 14.8. The second-order valence-corrected chi connectivity index (χ2v) is 20.1. The Morgan fingerprint density at radius 1 is 1.07 bits per heavy atom. The highest BCUT2D eigenvalue weighted by Crippen LogP contribution is 2.47. The molecule has 1 aromatic carbocycles. The van der Waals surface area contributed by atoms with E-state index in [0.29, 0.717) is 53.6 Å². The van der Waals surface area contributed by atoms with Gasteiger partial charge in [-0.1, -0.05) is 26.0 Å². The lowest BCUT2D eigenvalue weighted by molar-refractivity contribution is -0.142. The second kappa shape index (κ2) is 16.6. The summed E-state index contributed by atoms with van der Waals surface area (Å²) in [6.45, 7) is 9.26. The molecule has 2 aromatic heterocycles. The molecule has 3 aromatic rings. The van der Waals surface area contributed by atoms with Crippen molar-refractivity contribution in [2.75, 3.05) is 6.54 Å². The first-order chi connectivity index (χ1) is 28.0. The second-order valence-electron chi connectivity index (χ2n) is 17.0. The molecule has 7 rings (SSSR count). The molecule has 2 saturated carbocycles. The van der Waals surface area contributed by atoms with Crippen LogP contribution in [0.25, 0.3) is 22.0 Å². The molecule has 1 saturated heterocycles. The molecule has 7 atom stereocenters. The van der Waals surface area contributed by atoms with E-state index < -0.39 is 74.1 Å². The Labute approximate surface area is 348 Å². The number of thiazole rings is 1. The topological polar surface area (TPSA) is 206 Å². The van der Waals surface area contributed by atoms with E-state index in [1.54, 1.807) is 25.3 Å². The van der Waals surface area contributed by atoms with Gasteiger partial charge in [0.25, 0.3) is 5.91 Å². The van der Waals surface area contributed by atoms with E-state index in [4.69, 9.17) is 14.5 Å². The number of sulfonamides is 1. The molecule has 59 heavy (non-hydrogen) atoms. The van der Waals surface area contributed by atoms with Gasteiger partial charge in [-0.3, -0.25) is 19.1 Å². The number of carbonyl (C=O) groups excluding carboxylic acids is 3. The summed E-state index contributed by atoms with van der Waals surface area (Å²) >= 11 is 1.41. The minimum Gasteiger partial charge on any atom is -0.491 e. The molecular formula is C42H52N6O9S2. The van der Waals surface area contributed by atoms with E-state index >= 15 is 0 Å². The standard InChI is InChI=1S/C42H52N6O9S2/c1-24(2)56-29-12-10-27(11-13-29)32-19-30(20-33(44-32)37-43-16-17-58-37)57-31-21-34-36(49)46-42(39(51)47-59(54,55)41(5)14-15-41)22-28(42)9-7-6-8-25(3)18-26(4)35(45-40(52)53)38(50)48(34)23-31/h7,9-13,16-17,19-20,24-26,28,31,34-35,45H,6,8,14-15,18,21-23H2,1-5H3,(H,46,49)(H,47,51)(H,52,53)/b9-7-/t25-,26-,28-,31-,34+,35+,42-/m1/s1. The summed E-state index contributed by atoms with van der Waals surface area (Å²) in [5, 5.41) is 17.7. The molecule has 0 bridgehead atoms. The maximum absolute atomic E-state index is 14.6. The number of hydrogen-bond acceptors (Lipinski definition) is 11. The zero-order valence-corrected chi connectivity index (χ0v) is 35.5. The fraction of sp³-hybridized carbons (Fsp3) is 0.524. The first-order valence-corrected chi connectivity index (χ1v) is 22.5. The van der Waals surface area contributed by atoms with Gasteiger partial charge in [0.2, 0.25) is 21.8 Å². The van der Waals surface area contributed by atoms with Crippen molar-refractivity contribution in [1.82, 2.24) is 30.2 Å². The highest BCUT2D eigenvalue weighted by molar-refractivity contribution is 7.91. The molecule has 0 spiro atoms. The number of carboxylic acid groups (broad SMARTS) is 1. The number of hydrogen-bond donors (Lipinski definition) is 4. The molecule has 15 nitrogen and oxygen atoms in total. The van der Waals surface area contributed by atoms with Crippen molar-refractivity contribution in [3.05, 3.63) is 60.1 Å². The van der Waals surface area contributed by atoms with E-state index in [1.807, 2.05) is 69.5 Å². The number of pyridine rings is 1. The predicted molar refractivity (Wildman–Crippen MR) is 221 cm³/mol. The third-order valence-electron chi connectivity index (χ3n) is 11.8. The largest absolute Gasteiger partial charge is 0.491 e. The van der Waals surface area contributed by atoms with Gasteiger partial charge in [-0.05, 0) is 95.4 Å². The summed E-state index contributed by atoms with van der Waals surface area (Å²) in [6, 6.07) is 8.67. The number of nitrogens with one attached hydrogen (secondary N) is 3. The summed E-state index contributed by atoms with van der Waals surface area (Å²) in [7, 11) is -4.02. The minimum absolute atomic E-state index is 0.000980. The summed E-state index contributed by atoms with van der Waals surface area (Å²) in [5.41, 5.74) is 0.379. The first kappa shape index (κ1) is 42.1. The van der Waals surface area contributed by atoms with Crippen molar-refractivity contribution in [3.8, 4) is 33.5 Å². The van der Waals surface area contributed by atoms with Crippen molar-refractivity contribution in [3.63, 3.8) is 0 Å². The third kappa shape index (κ3) is 9.25. The van der Waals surface area contributed by atoms with Crippen LogP contribution < -0.4 is 24.8 Å². The summed E-state index contributed by atoms with van der Waals surface area (Å²) in [5.74, 6) is -1.75. The van der Waals surface area contributed by atoms with Gasteiger partial charge in [0.05, 0.1) is 23.1 Å². The van der Waals surface area contributed by atoms with Gasteiger partial charge in [-0.2, -0.15) is 0 Å². The lowest BCUT2D eigenvalue weighted by atomic mass is 9.88. The van der Waals surface area contributed by atoms with Crippen LogP contribution in [-0.2, 0) is 24.4 Å². The highest BCUT2D eigenvalue weighted by Gasteiger charge is 2.63. The van der Waals surface area contributed by atoms with Crippen molar-refractivity contribution in [2.24, 2.45) is 17.8 Å². The maximum atomic E-state index is 14.6. The SMILES string of the molecule is CC(C)Oc1ccc(-c2cc(O[C@@H]3C[C@H]4C(=O)N[C@]5(C(=O)NS(=O)(=O)C6(C)CC6)C[C@H]5/C=C\CC[C@@H](C)C[C@@H](C)[C@H](NC(=O)O)C(=O)N4C3)cc(-c3nccs3)n2)cc1. The van der Waals surface area contributed by atoms with Gasteiger partial charge in [0.1, 0.15) is 45.9 Å². The van der Waals surface area contributed by atoms with Crippen LogP contribution in [0.4, 0.5) is 4.79 Å². The first-order valence-electron chi connectivity index (χ1n) is 20.2. The fourth-order valence-electron chi connectivity index (χ4n) is 8.08. The Hall–Kier alpha value is -5.03. The van der Waals surface area contributed by atoms with Crippen molar-refractivity contribution in [1.29, 1.82) is 0 Å². The van der Waals surface area contributed by atoms with E-state index in [2.05, 4.69) is 20.3 Å². The van der Waals surface area contributed by atoms with Crippen LogP contribution in [0.1, 0.15) is 79.6 Å². The van der Waals surface area contributed by atoms with Crippen LogP contribution in [-0.4, -0.2) is 93.3 Å². The minimum atomic E-state index is -4.02. The van der Waals surface area contributed by atoms with Gasteiger partial charge in [0.15, 0.2) is 0 Å². The number of rotatable bonds is 10. The average Bonchev–Trinajstić information content (AvgIpc) is 3.92. The summed E-state index contributed by atoms with van der Waals surface area (Å²) < 4.78 is 40.1. The molecule has 2 aliphatic carbocycles. The fourth-order valence-corrected chi connectivity index (χ4v) is 9.99. The van der Waals surface area contributed by atoms with E-state index in [-0.39, 0.29) is 31.4 Å². The van der Waals surface area contributed by atoms with Gasteiger partial charge >= 0.3 is 6.09 Å². The molecule has 17 heteroatoms. The molecule has 2 aliphatic heterocycles. The Balaban J connectivity index is 1.22. The van der Waals surface area contributed by atoms with E-state index in [0.717, 1.165) is 12.0 Å². The van der Waals surface area contributed by atoms with Gasteiger partial charge in [0, 0.05) is 41.6 Å². The Morgan fingerprint density at radius 3 is 2.46 bits per heavy atom. The molecule has 316 valence electrons. The lowest BCUT2D eigenvalue weighted by Gasteiger charge is -2.32. The molecule has 4 heterocycles. The molecular weight excluding hydrogens is 797 g/mol. The molecule has 4 N–H and O–H groups in total. The molecule has 0 unspecified atom stereocenters.